The number of aromatic hydroxyl groups is 1. The number of piperidine rings is 1. The molecule has 4 amide bonds. The number of rotatable bonds is 10. The zero-order chi connectivity index (χ0) is 39.9. The number of ether oxygens (including phenoxy) is 3. The molecule has 304 valence electrons. The van der Waals surface area contributed by atoms with Crippen molar-refractivity contribution in [3.05, 3.63) is 88.5 Å². The van der Waals surface area contributed by atoms with Gasteiger partial charge in [0.2, 0.25) is 0 Å². The van der Waals surface area contributed by atoms with E-state index in [9.17, 15) is 24.3 Å². The number of phenolic OH excluding ortho intramolecular Hbond substituents is 1. The lowest BCUT2D eigenvalue weighted by molar-refractivity contribution is -0.141. The van der Waals surface area contributed by atoms with E-state index in [2.05, 4.69) is 15.1 Å². The van der Waals surface area contributed by atoms with Crippen molar-refractivity contribution in [3.8, 4) is 5.75 Å². The predicted octanol–water partition coefficient (Wildman–Crippen LogP) is 4.45. The minimum atomic E-state index is -1.06. The second-order valence-corrected chi connectivity index (χ2v) is 15.4. The molecular formula is C43H54N6O8. The third-order valence-electron chi connectivity index (χ3n) is 11.6. The summed E-state index contributed by atoms with van der Waals surface area (Å²) >= 11 is 0. The van der Waals surface area contributed by atoms with E-state index in [1.165, 1.54) is 0 Å². The molecule has 14 nitrogen and oxygen atoms in total. The third-order valence-corrected chi connectivity index (χ3v) is 11.6. The molecule has 3 aromatic rings. The molecule has 3 aromatic carbocycles. The third kappa shape index (κ3) is 9.80. The van der Waals surface area contributed by atoms with Crippen LogP contribution in [0.4, 0.5) is 21.0 Å². The Morgan fingerprint density at radius 3 is 2.25 bits per heavy atom. The lowest BCUT2D eigenvalue weighted by atomic mass is 10.0. The van der Waals surface area contributed by atoms with Crippen LogP contribution in [0.25, 0.3) is 0 Å². The second-order valence-electron chi connectivity index (χ2n) is 15.4. The van der Waals surface area contributed by atoms with Crippen molar-refractivity contribution < 1.29 is 38.5 Å². The van der Waals surface area contributed by atoms with Crippen LogP contribution >= 0.6 is 0 Å². The van der Waals surface area contributed by atoms with Gasteiger partial charge in [-0.3, -0.25) is 9.69 Å². The van der Waals surface area contributed by atoms with Gasteiger partial charge in [-0.2, -0.15) is 0 Å². The van der Waals surface area contributed by atoms with Crippen LogP contribution in [0.15, 0.2) is 60.7 Å². The number of nitrogens with one attached hydrogen (secondary N) is 1. The molecule has 0 spiro atoms. The van der Waals surface area contributed by atoms with Gasteiger partial charge in [0.15, 0.2) is 6.10 Å². The Bertz CT molecular complexity index is 1880. The molecule has 14 heteroatoms. The number of para-hydroxylation sites is 1. The molecule has 3 fully saturated rings. The molecule has 0 radical (unpaired) electrons. The fourth-order valence-corrected chi connectivity index (χ4v) is 8.22. The van der Waals surface area contributed by atoms with Crippen molar-refractivity contribution in [2.24, 2.45) is 0 Å². The van der Waals surface area contributed by atoms with Gasteiger partial charge in [0.25, 0.3) is 5.91 Å². The average Bonchev–Trinajstić information content (AvgIpc) is 3.40. The van der Waals surface area contributed by atoms with Crippen LogP contribution in [0, 0.1) is 13.8 Å². The van der Waals surface area contributed by atoms with Crippen LogP contribution in [0.3, 0.4) is 0 Å². The van der Waals surface area contributed by atoms with Gasteiger partial charge >= 0.3 is 18.1 Å². The zero-order valence-corrected chi connectivity index (χ0v) is 33.0. The Hall–Kier alpha value is -5.34. The van der Waals surface area contributed by atoms with Gasteiger partial charge in [-0.05, 0) is 85.7 Å². The van der Waals surface area contributed by atoms with Gasteiger partial charge in [0.05, 0.1) is 18.8 Å². The van der Waals surface area contributed by atoms with E-state index in [1.54, 1.807) is 21.9 Å². The Labute approximate surface area is 334 Å². The number of aryl methyl sites for hydroxylation is 2. The summed E-state index contributed by atoms with van der Waals surface area (Å²) in [5.74, 6) is -0.420. The van der Waals surface area contributed by atoms with Crippen molar-refractivity contribution in [1.29, 1.82) is 0 Å². The summed E-state index contributed by atoms with van der Waals surface area (Å²) in [7, 11) is 0. The number of fused-ring (bicyclic) bond motifs is 1. The smallest absolute Gasteiger partial charge is 0.410 e. The SMILES string of the molecule is Cc1cc(C[C@@H](OC(=O)N2CCC(N3CCc4ccccc4NC3=O)CC2)C(=O)N2CCN(c3ccc(C(=O)OCCN4CCOCC4)cc3)CC2)cc(C)c1O. The topological polar surface area (TPSA) is 144 Å². The standard InChI is InChI=1S/C43H54N6O8/c1-30-27-32(28-31(2)39(30)50)29-38(57-43(54)48-14-12-36(13-15-48)49-16-11-33-5-3-4-6-37(33)44-42(49)53)40(51)47-19-17-46(18-20-47)35-9-7-34(8-10-35)41(52)56-26-23-45-21-24-55-25-22-45/h3-10,27-28,36,38,50H,11-26,29H2,1-2H3,(H,44,53)/t38-/m1/s1. The van der Waals surface area contributed by atoms with E-state index in [0.29, 0.717) is 102 Å². The lowest BCUT2D eigenvalue weighted by Gasteiger charge is -2.39. The first kappa shape index (κ1) is 39.9. The van der Waals surface area contributed by atoms with Gasteiger partial charge in [0.1, 0.15) is 12.4 Å². The molecule has 4 aliphatic rings. The number of hydrogen-bond acceptors (Lipinski definition) is 10. The summed E-state index contributed by atoms with van der Waals surface area (Å²) in [6.07, 6.45) is 0.519. The summed E-state index contributed by atoms with van der Waals surface area (Å²) < 4.78 is 16.9. The molecular weight excluding hydrogens is 729 g/mol. The fourth-order valence-electron chi connectivity index (χ4n) is 8.22. The number of esters is 1. The molecule has 0 aliphatic carbocycles. The monoisotopic (exact) mass is 782 g/mol. The number of benzene rings is 3. The highest BCUT2D eigenvalue weighted by atomic mass is 16.6. The molecule has 0 saturated carbocycles. The number of hydrogen-bond donors (Lipinski definition) is 2. The molecule has 0 aromatic heterocycles. The van der Waals surface area contributed by atoms with E-state index >= 15 is 0 Å². The molecule has 0 bridgehead atoms. The molecule has 0 unspecified atom stereocenters. The number of morpholine rings is 1. The highest BCUT2D eigenvalue weighted by Gasteiger charge is 2.35. The zero-order valence-electron chi connectivity index (χ0n) is 33.0. The number of amides is 4. The number of carbonyl (C=O) groups is 4. The first-order valence-corrected chi connectivity index (χ1v) is 20.1. The first-order chi connectivity index (χ1) is 27.6. The number of phenols is 1. The number of carbonyl (C=O) groups excluding carboxylic acids is 4. The van der Waals surface area contributed by atoms with E-state index in [1.807, 2.05) is 67.3 Å². The minimum Gasteiger partial charge on any atom is -0.507 e. The molecule has 7 rings (SSSR count). The van der Waals surface area contributed by atoms with Crippen LogP contribution in [-0.4, -0.2) is 146 Å². The van der Waals surface area contributed by atoms with Crippen LogP contribution in [0.5, 0.6) is 5.75 Å². The maximum atomic E-state index is 14.2. The maximum Gasteiger partial charge on any atom is 0.410 e. The summed E-state index contributed by atoms with van der Waals surface area (Å²) in [6.45, 7) is 11.1. The van der Waals surface area contributed by atoms with Crippen LogP contribution in [0.1, 0.15) is 45.5 Å². The van der Waals surface area contributed by atoms with E-state index in [4.69, 9.17) is 14.2 Å². The van der Waals surface area contributed by atoms with Crippen LogP contribution in [-0.2, 0) is 31.8 Å². The van der Waals surface area contributed by atoms with Crippen molar-refractivity contribution in [2.75, 3.05) is 95.5 Å². The lowest BCUT2D eigenvalue weighted by Crippen LogP contribution is -2.54. The number of urea groups is 1. The summed E-state index contributed by atoms with van der Waals surface area (Å²) in [5.41, 5.74) is 5.54. The summed E-state index contributed by atoms with van der Waals surface area (Å²) in [4.78, 5) is 63.4. The highest BCUT2D eigenvalue weighted by molar-refractivity contribution is 5.91. The van der Waals surface area contributed by atoms with E-state index in [-0.39, 0.29) is 36.1 Å². The largest absolute Gasteiger partial charge is 0.507 e. The van der Waals surface area contributed by atoms with Crippen molar-refractivity contribution in [1.82, 2.24) is 19.6 Å². The number of nitrogens with zero attached hydrogens (tertiary/aromatic N) is 5. The molecule has 57 heavy (non-hydrogen) atoms. The Balaban J connectivity index is 0.939. The van der Waals surface area contributed by atoms with E-state index in [0.717, 1.165) is 42.0 Å². The Kier molecular flexibility index (Phi) is 12.8. The molecule has 4 heterocycles. The molecule has 4 aliphatic heterocycles. The maximum absolute atomic E-state index is 14.2. The van der Waals surface area contributed by atoms with Gasteiger partial charge in [-0.1, -0.05) is 30.3 Å². The van der Waals surface area contributed by atoms with Crippen molar-refractivity contribution in [3.63, 3.8) is 0 Å². The average molecular weight is 783 g/mol. The summed E-state index contributed by atoms with van der Waals surface area (Å²) in [6, 6.07) is 18.7. The Morgan fingerprint density at radius 2 is 1.54 bits per heavy atom. The molecule has 3 saturated heterocycles. The second kappa shape index (κ2) is 18.3. The highest BCUT2D eigenvalue weighted by Crippen LogP contribution is 2.27. The van der Waals surface area contributed by atoms with E-state index < -0.39 is 12.2 Å². The van der Waals surface area contributed by atoms with Gasteiger partial charge in [0, 0.05) is 89.3 Å². The first-order valence-electron chi connectivity index (χ1n) is 20.1. The fraction of sp³-hybridized carbons (Fsp3) is 0.488. The van der Waals surface area contributed by atoms with Gasteiger partial charge in [-0.25, -0.2) is 14.4 Å². The van der Waals surface area contributed by atoms with Crippen molar-refractivity contribution in [2.45, 2.75) is 51.7 Å². The molecule has 2 N–H and O–H groups in total. The Morgan fingerprint density at radius 1 is 0.860 bits per heavy atom. The van der Waals surface area contributed by atoms with Gasteiger partial charge < -0.3 is 44.2 Å². The predicted molar refractivity (Wildman–Crippen MR) is 215 cm³/mol. The summed E-state index contributed by atoms with van der Waals surface area (Å²) in [5, 5.41) is 13.4. The quantitative estimate of drug-likeness (QED) is 0.283. The number of piperazine rings is 1. The number of anilines is 2. The van der Waals surface area contributed by atoms with Gasteiger partial charge in [-0.15, -0.1) is 0 Å². The van der Waals surface area contributed by atoms with Crippen LogP contribution < -0.4 is 10.2 Å². The number of likely N-dealkylation sites (tertiary alicyclic amines) is 1. The minimum absolute atomic E-state index is 0.0179. The normalized spacial score (nSPS) is 18.7. The molecule has 1 atom stereocenters. The van der Waals surface area contributed by atoms with Crippen LogP contribution in [0.2, 0.25) is 0 Å². The van der Waals surface area contributed by atoms with Crippen molar-refractivity contribution >= 4 is 35.4 Å².